The Kier molecular flexibility index (Phi) is 4.29. The number of carbonyl (C=O) groups excluding carboxylic acids is 1. The summed E-state index contributed by atoms with van der Waals surface area (Å²) in [5.74, 6) is 0.354. The fraction of sp³-hybridized carbons (Fsp3) is 0.188. The second-order valence-corrected chi connectivity index (χ2v) is 4.45. The second-order valence-electron chi connectivity index (χ2n) is 4.45. The number of halogens is 1. The van der Waals surface area contributed by atoms with E-state index in [1.165, 1.54) is 12.1 Å². The van der Waals surface area contributed by atoms with E-state index in [1.54, 1.807) is 12.1 Å². The third-order valence-corrected chi connectivity index (χ3v) is 2.70. The fourth-order valence-corrected chi connectivity index (χ4v) is 1.75. The lowest BCUT2D eigenvalue weighted by Crippen LogP contribution is -2.13. The van der Waals surface area contributed by atoms with Crippen molar-refractivity contribution in [1.29, 1.82) is 0 Å². The summed E-state index contributed by atoms with van der Waals surface area (Å²) in [5, 5.41) is 0. The highest BCUT2D eigenvalue weighted by atomic mass is 19.1. The molecule has 0 aliphatic heterocycles. The molecule has 0 N–H and O–H groups in total. The van der Waals surface area contributed by atoms with Gasteiger partial charge in [0, 0.05) is 6.42 Å². The van der Waals surface area contributed by atoms with Gasteiger partial charge in [-0.2, -0.15) is 0 Å². The van der Waals surface area contributed by atoms with Gasteiger partial charge in [-0.3, -0.25) is 4.79 Å². The molecular formula is C16H15FO2. The average Bonchev–Trinajstić information content (AvgIpc) is 2.39. The predicted molar refractivity (Wildman–Crippen MR) is 71.8 cm³/mol. The van der Waals surface area contributed by atoms with Gasteiger partial charge in [-0.1, -0.05) is 24.3 Å². The van der Waals surface area contributed by atoms with E-state index in [0.717, 1.165) is 11.1 Å². The maximum atomic E-state index is 12.7. The zero-order valence-electron chi connectivity index (χ0n) is 10.7. The molecule has 19 heavy (non-hydrogen) atoms. The van der Waals surface area contributed by atoms with Crippen LogP contribution in [0.3, 0.4) is 0 Å². The molecule has 0 fully saturated rings. The van der Waals surface area contributed by atoms with Crippen LogP contribution < -0.4 is 4.74 Å². The number of Topliss-reactive ketones (excluding diaryl/α,β-unsaturated/α-hetero) is 1. The number of hydrogen-bond donors (Lipinski definition) is 0. The Morgan fingerprint density at radius 2 is 1.89 bits per heavy atom. The van der Waals surface area contributed by atoms with Gasteiger partial charge in [-0.15, -0.1) is 0 Å². The Morgan fingerprint density at radius 3 is 2.58 bits per heavy atom. The number of hydrogen-bond acceptors (Lipinski definition) is 2. The van der Waals surface area contributed by atoms with Crippen molar-refractivity contribution in [3.8, 4) is 5.75 Å². The molecule has 0 spiro atoms. The molecule has 0 amide bonds. The molecule has 0 saturated carbocycles. The summed E-state index contributed by atoms with van der Waals surface area (Å²) in [6.07, 6.45) is 0.256. The Hall–Kier alpha value is -2.16. The van der Waals surface area contributed by atoms with E-state index in [-0.39, 0.29) is 24.6 Å². The van der Waals surface area contributed by atoms with E-state index in [0.29, 0.717) is 5.75 Å². The number of rotatable bonds is 5. The van der Waals surface area contributed by atoms with Gasteiger partial charge in [0.25, 0.3) is 0 Å². The number of aryl methyl sites for hydroxylation is 1. The highest BCUT2D eigenvalue weighted by Gasteiger charge is 2.05. The van der Waals surface area contributed by atoms with Gasteiger partial charge in [0.15, 0.2) is 5.78 Å². The molecule has 0 atom stereocenters. The van der Waals surface area contributed by atoms with E-state index < -0.39 is 0 Å². The van der Waals surface area contributed by atoms with Crippen LogP contribution in [0.5, 0.6) is 5.75 Å². The summed E-state index contributed by atoms with van der Waals surface area (Å²) in [6.45, 7) is 1.99. The molecule has 0 aromatic heterocycles. The van der Waals surface area contributed by atoms with Gasteiger partial charge < -0.3 is 4.74 Å². The van der Waals surface area contributed by atoms with Gasteiger partial charge >= 0.3 is 0 Å². The molecule has 3 heteroatoms. The first-order valence-corrected chi connectivity index (χ1v) is 6.09. The number of carbonyl (C=O) groups is 1. The molecule has 2 aromatic rings. The second kappa shape index (κ2) is 6.14. The van der Waals surface area contributed by atoms with Crippen LogP contribution >= 0.6 is 0 Å². The number of ketones is 1. The topological polar surface area (TPSA) is 26.3 Å². The molecule has 0 bridgehead atoms. The maximum Gasteiger partial charge on any atom is 0.174 e. The molecular weight excluding hydrogens is 243 g/mol. The van der Waals surface area contributed by atoms with Crippen LogP contribution in [-0.2, 0) is 11.2 Å². The zero-order valence-corrected chi connectivity index (χ0v) is 10.7. The van der Waals surface area contributed by atoms with Crippen molar-refractivity contribution in [3.05, 3.63) is 65.5 Å². The molecule has 0 aliphatic rings. The van der Waals surface area contributed by atoms with Gasteiger partial charge in [0.1, 0.15) is 18.2 Å². The normalized spacial score (nSPS) is 10.2. The van der Waals surface area contributed by atoms with Crippen molar-refractivity contribution in [2.24, 2.45) is 0 Å². The lowest BCUT2D eigenvalue weighted by molar-refractivity contribution is -0.120. The SMILES string of the molecule is Cc1cccc(OCC(=O)Cc2ccc(F)cc2)c1. The monoisotopic (exact) mass is 258 g/mol. The highest BCUT2D eigenvalue weighted by molar-refractivity contribution is 5.82. The first kappa shape index (κ1) is 13.3. The molecule has 0 saturated heterocycles. The number of benzene rings is 2. The van der Waals surface area contributed by atoms with E-state index in [2.05, 4.69) is 0 Å². The van der Waals surface area contributed by atoms with E-state index in [1.807, 2.05) is 31.2 Å². The van der Waals surface area contributed by atoms with Crippen LogP contribution in [0.1, 0.15) is 11.1 Å². The van der Waals surface area contributed by atoms with Crippen LogP contribution in [0.2, 0.25) is 0 Å². The van der Waals surface area contributed by atoms with Gasteiger partial charge in [0.2, 0.25) is 0 Å². The van der Waals surface area contributed by atoms with Crippen molar-refractivity contribution in [3.63, 3.8) is 0 Å². The maximum absolute atomic E-state index is 12.7. The smallest absolute Gasteiger partial charge is 0.174 e. The Labute approximate surface area is 111 Å². The minimum Gasteiger partial charge on any atom is -0.486 e. The Morgan fingerprint density at radius 1 is 1.16 bits per heavy atom. The summed E-state index contributed by atoms with van der Waals surface area (Å²) < 4.78 is 18.1. The van der Waals surface area contributed by atoms with E-state index >= 15 is 0 Å². The Balaban J connectivity index is 1.86. The summed E-state index contributed by atoms with van der Waals surface area (Å²) >= 11 is 0. The van der Waals surface area contributed by atoms with Crippen LogP contribution in [0, 0.1) is 12.7 Å². The summed E-state index contributed by atoms with van der Waals surface area (Å²) in [6, 6.07) is 13.5. The van der Waals surface area contributed by atoms with Crippen LogP contribution in [0.25, 0.3) is 0 Å². The summed E-state index contributed by atoms with van der Waals surface area (Å²) in [7, 11) is 0. The summed E-state index contributed by atoms with van der Waals surface area (Å²) in [4.78, 5) is 11.7. The highest BCUT2D eigenvalue weighted by Crippen LogP contribution is 2.12. The van der Waals surface area contributed by atoms with Crippen LogP contribution in [-0.4, -0.2) is 12.4 Å². The third kappa shape index (κ3) is 4.21. The lowest BCUT2D eigenvalue weighted by Gasteiger charge is -2.06. The van der Waals surface area contributed by atoms with Gasteiger partial charge in [-0.05, 0) is 42.3 Å². The molecule has 98 valence electrons. The predicted octanol–water partition coefficient (Wildman–Crippen LogP) is 3.32. The Bertz CT molecular complexity index is 561. The van der Waals surface area contributed by atoms with Gasteiger partial charge in [0.05, 0.1) is 0 Å². The van der Waals surface area contributed by atoms with Crippen LogP contribution in [0.4, 0.5) is 4.39 Å². The van der Waals surface area contributed by atoms with Crippen molar-refractivity contribution in [2.45, 2.75) is 13.3 Å². The lowest BCUT2D eigenvalue weighted by atomic mass is 10.1. The number of ether oxygens (including phenoxy) is 1. The molecule has 2 rings (SSSR count). The minimum atomic E-state index is -0.299. The van der Waals surface area contributed by atoms with Crippen molar-refractivity contribution >= 4 is 5.78 Å². The van der Waals surface area contributed by atoms with Gasteiger partial charge in [-0.25, -0.2) is 4.39 Å². The third-order valence-electron chi connectivity index (χ3n) is 2.70. The largest absolute Gasteiger partial charge is 0.486 e. The zero-order chi connectivity index (χ0) is 13.7. The standard InChI is InChI=1S/C16H15FO2/c1-12-3-2-4-16(9-12)19-11-15(18)10-13-5-7-14(17)8-6-13/h2-9H,10-11H2,1H3. The van der Waals surface area contributed by atoms with E-state index in [4.69, 9.17) is 4.74 Å². The molecule has 0 aliphatic carbocycles. The minimum absolute atomic E-state index is 0.0286. The van der Waals surface area contributed by atoms with Crippen LogP contribution in [0.15, 0.2) is 48.5 Å². The molecule has 0 unspecified atom stereocenters. The first-order valence-electron chi connectivity index (χ1n) is 6.09. The van der Waals surface area contributed by atoms with E-state index in [9.17, 15) is 9.18 Å². The first-order chi connectivity index (χ1) is 9.13. The molecule has 0 radical (unpaired) electrons. The molecule has 2 nitrogen and oxygen atoms in total. The van der Waals surface area contributed by atoms with Crippen molar-refractivity contribution in [1.82, 2.24) is 0 Å². The summed E-state index contributed by atoms with van der Waals surface area (Å²) in [5.41, 5.74) is 1.88. The van der Waals surface area contributed by atoms with Crippen molar-refractivity contribution in [2.75, 3.05) is 6.61 Å². The fourth-order valence-electron chi connectivity index (χ4n) is 1.75. The average molecular weight is 258 g/mol. The molecule has 0 heterocycles. The van der Waals surface area contributed by atoms with Crippen molar-refractivity contribution < 1.29 is 13.9 Å². The quantitative estimate of drug-likeness (QED) is 0.822. The molecule has 2 aromatic carbocycles.